The van der Waals surface area contributed by atoms with Gasteiger partial charge >= 0.3 is 0 Å². The first-order chi connectivity index (χ1) is 16.3. The summed E-state index contributed by atoms with van der Waals surface area (Å²) in [7, 11) is -3.30. The minimum Gasteiger partial charge on any atom is -0.381 e. The molecule has 9 nitrogen and oxygen atoms in total. The average Bonchev–Trinajstić information content (AvgIpc) is 3.24. The van der Waals surface area contributed by atoms with Crippen molar-refractivity contribution in [2.75, 3.05) is 22.8 Å². The molecule has 0 spiro atoms. The van der Waals surface area contributed by atoms with Crippen molar-refractivity contribution in [3.63, 3.8) is 0 Å². The van der Waals surface area contributed by atoms with Gasteiger partial charge in [-0.2, -0.15) is 5.10 Å². The zero-order chi connectivity index (χ0) is 24.1. The van der Waals surface area contributed by atoms with Crippen LogP contribution in [0, 0.1) is 0 Å². The number of anilines is 2. The lowest BCUT2D eigenvalue weighted by Gasteiger charge is -2.25. The fourth-order valence-electron chi connectivity index (χ4n) is 4.41. The zero-order valence-corrected chi connectivity index (χ0v) is 20.5. The van der Waals surface area contributed by atoms with E-state index in [0.717, 1.165) is 41.4 Å². The molecule has 1 saturated carbocycles. The van der Waals surface area contributed by atoms with Gasteiger partial charge in [-0.05, 0) is 43.9 Å². The van der Waals surface area contributed by atoms with E-state index in [2.05, 4.69) is 25.4 Å². The van der Waals surface area contributed by atoms with Crippen LogP contribution in [0.5, 0.6) is 0 Å². The predicted octanol–water partition coefficient (Wildman–Crippen LogP) is 3.54. The third-order valence-electron chi connectivity index (χ3n) is 6.12. The number of fused-ring (bicyclic) bond motifs is 1. The van der Waals surface area contributed by atoms with Gasteiger partial charge < -0.3 is 10.6 Å². The summed E-state index contributed by atoms with van der Waals surface area (Å²) in [6, 6.07) is 7.47. The maximum absolute atomic E-state index is 13.1. The normalized spacial score (nSPS) is 14.8. The zero-order valence-electron chi connectivity index (χ0n) is 19.7. The number of nitrogens with one attached hydrogen (secondary N) is 3. The molecule has 1 amide bonds. The highest BCUT2D eigenvalue weighted by Crippen LogP contribution is 2.30. The molecule has 0 saturated heterocycles. The molecule has 10 heteroatoms. The number of carbonyl (C=O) groups is 1. The second-order valence-electron chi connectivity index (χ2n) is 8.80. The van der Waals surface area contributed by atoms with Gasteiger partial charge in [-0.15, -0.1) is 0 Å². The van der Waals surface area contributed by atoms with Crippen LogP contribution in [0.2, 0.25) is 0 Å². The summed E-state index contributed by atoms with van der Waals surface area (Å²) in [4.78, 5) is 17.7. The maximum atomic E-state index is 13.1. The first-order valence-corrected chi connectivity index (χ1v) is 13.7. The van der Waals surface area contributed by atoms with Gasteiger partial charge in [-0.3, -0.25) is 9.52 Å². The standard InChI is InChI=1S/C24H32N6O3S/c1-3-30-23-20(16-27-30)22(28-18-7-5-4-6-8-18)21(15-26-23)24(31)25-14-13-17-9-11-19(12-10-17)29-34(2,32)33/h9-12,15-16,18,29H,3-8,13-14H2,1-2H3,(H,25,31)(H,26,28). The molecule has 2 heterocycles. The van der Waals surface area contributed by atoms with E-state index in [0.29, 0.717) is 36.8 Å². The van der Waals surface area contributed by atoms with Crippen molar-refractivity contribution in [2.45, 2.75) is 58.0 Å². The topological polar surface area (TPSA) is 118 Å². The summed E-state index contributed by atoms with van der Waals surface area (Å²) < 4.78 is 27.0. The van der Waals surface area contributed by atoms with E-state index >= 15 is 0 Å². The van der Waals surface area contributed by atoms with Crippen molar-refractivity contribution in [3.8, 4) is 0 Å². The minimum atomic E-state index is -3.30. The number of benzene rings is 1. The molecular weight excluding hydrogens is 452 g/mol. The van der Waals surface area contributed by atoms with Crippen LogP contribution in [0.1, 0.15) is 54.9 Å². The first kappa shape index (κ1) is 24.0. The lowest BCUT2D eigenvalue weighted by Crippen LogP contribution is -2.29. The highest BCUT2D eigenvalue weighted by atomic mass is 32.2. The summed E-state index contributed by atoms with van der Waals surface area (Å²) in [5.41, 5.74) is 3.63. The molecule has 1 aliphatic rings. The summed E-state index contributed by atoms with van der Waals surface area (Å²) in [5.74, 6) is -0.174. The van der Waals surface area contributed by atoms with Crippen LogP contribution in [-0.2, 0) is 23.0 Å². The lowest BCUT2D eigenvalue weighted by atomic mass is 9.95. The molecule has 2 aromatic heterocycles. The highest BCUT2D eigenvalue weighted by molar-refractivity contribution is 7.92. The van der Waals surface area contributed by atoms with Gasteiger partial charge in [0.15, 0.2) is 5.65 Å². The Morgan fingerprint density at radius 2 is 1.85 bits per heavy atom. The Morgan fingerprint density at radius 3 is 2.53 bits per heavy atom. The number of nitrogens with zero attached hydrogens (tertiary/aromatic N) is 3. The third-order valence-corrected chi connectivity index (χ3v) is 6.73. The molecule has 182 valence electrons. The Balaban J connectivity index is 1.46. The Labute approximate surface area is 200 Å². The number of amides is 1. The molecule has 1 aromatic carbocycles. The quantitative estimate of drug-likeness (QED) is 0.428. The molecule has 1 fully saturated rings. The predicted molar refractivity (Wildman–Crippen MR) is 135 cm³/mol. The van der Waals surface area contributed by atoms with Crippen LogP contribution in [0.25, 0.3) is 11.0 Å². The number of sulfonamides is 1. The van der Waals surface area contributed by atoms with Crippen molar-refractivity contribution in [1.29, 1.82) is 0 Å². The molecule has 0 unspecified atom stereocenters. The van der Waals surface area contributed by atoms with Crippen molar-refractivity contribution >= 4 is 38.3 Å². The Bertz CT molecular complexity index is 1250. The van der Waals surface area contributed by atoms with Crippen LogP contribution < -0.4 is 15.4 Å². The number of rotatable bonds is 9. The summed E-state index contributed by atoms with van der Waals surface area (Å²) >= 11 is 0. The molecule has 0 bridgehead atoms. The SMILES string of the molecule is CCn1ncc2c(NC3CCCCC3)c(C(=O)NCCc3ccc(NS(C)(=O)=O)cc3)cnc21. The van der Waals surface area contributed by atoms with Crippen LogP contribution >= 0.6 is 0 Å². The number of pyridine rings is 1. The van der Waals surface area contributed by atoms with E-state index in [9.17, 15) is 13.2 Å². The first-order valence-electron chi connectivity index (χ1n) is 11.8. The third kappa shape index (κ3) is 5.85. The monoisotopic (exact) mass is 484 g/mol. The van der Waals surface area contributed by atoms with E-state index in [4.69, 9.17) is 0 Å². The van der Waals surface area contributed by atoms with E-state index in [1.54, 1.807) is 24.5 Å². The molecule has 0 aliphatic heterocycles. The van der Waals surface area contributed by atoms with Gasteiger partial charge in [0.05, 0.1) is 29.1 Å². The number of hydrogen-bond acceptors (Lipinski definition) is 6. The van der Waals surface area contributed by atoms with Crippen LogP contribution in [0.3, 0.4) is 0 Å². The molecule has 0 radical (unpaired) electrons. The van der Waals surface area contributed by atoms with Crippen LogP contribution in [-0.4, -0.2) is 47.9 Å². The molecule has 3 aromatic rings. The molecular formula is C24H32N6O3S. The van der Waals surface area contributed by atoms with Gasteiger partial charge in [0.1, 0.15) is 0 Å². The smallest absolute Gasteiger partial charge is 0.254 e. The molecule has 1 aliphatic carbocycles. The number of aryl methyl sites for hydroxylation is 1. The van der Waals surface area contributed by atoms with Crippen LogP contribution in [0.15, 0.2) is 36.7 Å². The Kier molecular flexibility index (Phi) is 7.35. The largest absolute Gasteiger partial charge is 0.381 e. The molecule has 4 rings (SSSR count). The average molecular weight is 485 g/mol. The number of aromatic nitrogens is 3. The van der Waals surface area contributed by atoms with Crippen LogP contribution in [0.4, 0.5) is 11.4 Å². The van der Waals surface area contributed by atoms with Crippen molar-refractivity contribution in [1.82, 2.24) is 20.1 Å². The molecule has 0 atom stereocenters. The summed E-state index contributed by atoms with van der Waals surface area (Å²) in [5, 5.41) is 11.9. The van der Waals surface area contributed by atoms with E-state index in [1.165, 1.54) is 19.3 Å². The fourth-order valence-corrected chi connectivity index (χ4v) is 4.97. The van der Waals surface area contributed by atoms with Gasteiger partial charge in [-0.1, -0.05) is 31.4 Å². The van der Waals surface area contributed by atoms with Gasteiger partial charge in [0, 0.05) is 31.0 Å². The van der Waals surface area contributed by atoms with E-state index < -0.39 is 10.0 Å². The van der Waals surface area contributed by atoms with Crippen molar-refractivity contribution in [3.05, 3.63) is 47.8 Å². The van der Waals surface area contributed by atoms with Gasteiger partial charge in [0.25, 0.3) is 5.91 Å². The second-order valence-corrected chi connectivity index (χ2v) is 10.5. The summed E-state index contributed by atoms with van der Waals surface area (Å²) in [6.45, 7) is 3.18. The highest BCUT2D eigenvalue weighted by Gasteiger charge is 2.21. The molecule has 3 N–H and O–H groups in total. The van der Waals surface area contributed by atoms with Gasteiger partial charge in [0.2, 0.25) is 10.0 Å². The van der Waals surface area contributed by atoms with E-state index in [-0.39, 0.29) is 5.91 Å². The van der Waals surface area contributed by atoms with Crippen molar-refractivity contribution < 1.29 is 13.2 Å². The maximum Gasteiger partial charge on any atom is 0.254 e. The fraction of sp³-hybridized carbons (Fsp3) is 0.458. The van der Waals surface area contributed by atoms with E-state index in [1.807, 2.05) is 23.7 Å². The Hall–Kier alpha value is -3.14. The van der Waals surface area contributed by atoms with Gasteiger partial charge in [-0.25, -0.2) is 18.1 Å². The molecule has 34 heavy (non-hydrogen) atoms. The number of carbonyl (C=O) groups excluding carboxylic acids is 1. The summed E-state index contributed by atoms with van der Waals surface area (Å²) in [6.07, 6.45) is 11.0. The lowest BCUT2D eigenvalue weighted by molar-refractivity contribution is 0.0954. The minimum absolute atomic E-state index is 0.174. The van der Waals surface area contributed by atoms with Crippen molar-refractivity contribution in [2.24, 2.45) is 0 Å². The number of hydrogen-bond donors (Lipinski definition) is 3. The second kappa shape index (κ2) is 10.4. The Morgan fingerprint density at radius 1 is 1.12 bits per heavy atom.